The first-order valence-electron chi connectivity index (χ1n) is 7.60. The maximum Gasteiger partial charge on any atom is 0.342 e. The van der Waals surface area contributed by atoms with Gasteiger partial charge in [0.25, 0.3) is 5.91 Å². The lowest BCUT2D eigenvalue weighted by molar-refractivity contribution is -0.124. The third-order valence-electron chi connectivity index (χ3n) is 3.53. The Morgan fingerprint density at radius 1 is 1.22 bits per heavy atom. The van der Waals surface area contributed by atoms with Crippen LogP contribution < -0.4 is 5.32 Å². The summed E-state index contributed by atoms with van der Waals surface area (Å²) in [5, 5.41) is 2.83. The van der Waals surface area contributed by atoms with Crippen LogP contribution >= 0.6 is 0 Å². The minimum atomic E-state index is -0.552. The van der Waals surface area contributed by atoms with Crippen LogP contribution in [-0.4, -0.2) is 24.5 Å². The van der Waals surface area contributed by atoms with Crippen LogP contribution in [0.1, 0.15) is 35.0 Å². The molecule has 1 unspecified atom stereocenters. The highest BCUT2D eigenvalue weighted by Crippen LogP contribution is 2.10. The first-order chi connectivity index (χ1) is 11.1. The highest BCUT2D eigenvalue weighted by molar-refractivity contribution is 5.92. The number of rotatable bonds is 7. The molecule has 5 heteroatoms. The molecule has 1 atom stereocenters. The molecule has 23 heavy (non-hydrogen) atoms. The van der Waals surface area contributed by atoms with Crippen molar-refractivity contribution in [2.75, 3.05) is 6.61 Å². The Morgan fingerprint density at radius 2 is 1.96 bits per heavy atom. The van der Waals surface area contributed by atoms with Crippen molar-refractivity contribution >= 4 is 11.9 Å². The number of furan rings is 1. The number of benzene rings is 1. The molecule has 0 fully saturated rings. The average Bonchev–Trinajstić information content (AvgIpc) is 2.98. The molecule has 1 N–H and O–H groups in total. The van der Waals surface area contributed by atoms with Gasteiger partial charge < -0.3 is 14.5 Å². The first-order valence-corrected chi connectivity index (χ1v) is 7.60. The second-order valence-corrected chi connectivity index (χ2v) is 5.46. The van der Waals surface area contributed by atoms with E-state index in [1.54, 1.807) is 6.92 Å². The summed E-state index contributed by atoms with van der Waals surface area (Å²) in [6.07, 6.45) is 3.12. The maximum atomic E-state index is 11.8. The lowest BCUT2D eigenvalue weighted by atomic mass is 10.1. The monoisotopic (exact) mass is 315 g/mol. The normalized spacial score (nSPS) is 11.7. The summed E-state index contributed by atoms with van der Waals surface area (Å²) >= 11 is 0. The van der Waals surface area contributed by atoms with Crippen molar-refractivity contribution in [3.63, 3.8) is 0 Å². The molecule has 2 aromatic rings. The van der Waals surface area contributed by atoms with Crippen molar-refractivity contribution in [2.45, 2.75) is 32.7 Å². The molecule has 0 aliphatic heterocycles. The molecular formula is C18H21NO4. The van der Waals surface area contributed by atoms with Crippen LogP contribution in [0.15, 0.2) is 47.1 Å². The topological polar surface area (TPSA) is 68.5 Å². The molecule has 0 aliphatic rings. The molecule has 0 bridgehead atoms. The molecule has 1 aromatic heterocycles. The average molecular weight is 315 g/mol. The molecule has 0 spiro atoms. The zero-order valence-corrected chi connectivity index (χ0v) is 13.4. The molecule has 122 valence electrons. The number of hydrogen-bond donors (Lipinski definition) is 1. The number of aryl methyl sites for hydroxylation is 2. The summed E-state index contributed by atoms with van der Waals surface area (Å²) in [7, 11) is 0. The van der Waals surface area contributed by atoms with Gasteiger partial charge in [0.1, 0.15) is 11.3 Å². The summed E-state index contributed by atoms with van der Waals surface area (Å²) in [5.74, 6) is -0.380. The SMILES string of the molecule is Cc1occc1C(=O)OCC(=O)NC(C)CCc1ccccc1. The molecule has 1 aromatic carbocycles. The van der Waals surface area contributed by atoms with Crippen LogP contribution in [-0.2, 0) is 16.0 Å². The fourth-order valence-corrected chi connectivity index (χ4v) is 2.22. The summed E-state index contributed by atoms with van der Waals surface area (Å²) in [4.78, 5) is 23.6. The van der Waals surface area contributed by atoms with E-state index in [2.05, 4.69) is 17.4 Å². The smallest absolute Gasteiger partial charge is 0.342 e. The molecule has 5 nitrogen and oxygen atoms in total. The van der Waals surface area contributed by atoms with Gasteiger partial charge in [0, 0.05) is 6.04 Å². The van der Waals surface area contributed by atoms with Gasteiger partial charge in [0.15, 0.2) is 6.61 Å². The number of carbonyl (C=O) groups excluding carboxylic acids is 2. The lowest BCUT2D eigenvalue weighted by Crippen LogP contribution is -2.36. The van der Waals surface area contributed by atoms with Crippen molar-refractivity contribution in [3.8, 4) is 0 Å². The Kier molecular flexibility index (Phi) is 5.97. The van der Waals surface area contributed by atoms with Gasteiger partial charge in [0.05, 0.1) is 6.26 Å². The third kappa shape index (κ3) is 5.29. The number of carbonyl (C=O) groups is 2. The quantitative estimate of drug-likeness (QED) is 0.798. The number of esters is 1. The van der Waals surface area contributed by atoms with Crippen LogP contribution in [0.5, 0.6) is 0 Å². The van der Waals surface area contributed by atoms with Gasteiger partial charge in [-0.15, -0.1) is 0 Å². The third-order valence-corrected chi connectivity index (χ3v) is 3.53. The van der Waals surface area contributed by atoms with Gasteiger partial charge in [-0.25, -0.2) is 4.79 Å². The van der Waals surface area contributed by atoms with Crippen molar-refractivity contribution in [3.05, 3.63) is 59.5 Å². The molecule has 1 amide bonds. The number of hydrogen-bond acceptors (Lipinski definition) is 4. The predicted molar refractivity (Wildman–Crippen MR) is 86.1 cm³/mol. The van der Waals surface area contributed by atoms with E-state index in [1.165, 1.54) is 17.9 Å². The molecule has 2 rings (SSSR count). The Balaban J connectivity index is 1.70. The molecular weight excluding hydrogens is 294 g/mol. The Morgan fingerprint density at radius 3 is 2.61 bits per heavy atom. The Bertz CT molecular complexity index is 648. The van der Waals surface area contributed by atoms with E-state index >= 15 is 0 Å². The standard InChI is InChI=1S/C18H21NO4/c1-13(8-9-15-6-4-3-5-7-15)19-17(20)12-23-18(21)16-10-11-22-14(16)2/h3-7,10-11,13H,8-9,12H2,1-2H3,(H,19,20). The number of ether oxygens (including phenoxy) is 1. The van der Waals surface area contributed by atoms with E-state index in [-0.39, 0.29) is 18.6 Å². The Labute approximate surface area is 135 Å². The Hall–Kier alpha value is -2.56. The van der Waals surface area contributed by atoms with Crippen molar-refractivity contribution < 1.29 is 18.7 Å². The van der Waals surface area contributed by atoms with Crippen LogP contribution in [0.4, 0.5) is 0 Å². The van der Waals surface area contributed by atoms with Crippen molar-refractivity contribution in [1.29, 1.82) is 0 Å². The van der Waals surface area contributed by atoms with E-state index in [0.717, 1.165) is 12.8 Å². The molecule has 0 aliphatic carbocycles. The highest BCUT2D eigenvalue weighted by atomic mass is 16.5. The van der Waals surface area contributed by atoms with E-state index in [4.69, 9.17) is 9.15 Å². The second-order valence-electron chi connectivity index (χ2n) is 5.46. The largest absolute Gasteiger partial charge is 0.469 e. The van der Waals surface area contributed by atoms with Gasteiger partial charge >= 0.3 is 5.97 Å². The molecule has 0 radical (unpaired) electrons. The predicted octanol–water partition coefficient (Wildman–Crippen LogP) is 2.88. The summed E-state index contributed by atoms with van der Waals surface area (Å²) in [6, 6.07) is 11.6. The summed E-state index contributed by atoms with van der Waals surface area (Å²) in [6.45, 7) is 3.31. The first kappa shape index (κ1) is 16.8. The maximum absolute atomic E-state index is 11.8. The fraction of sp³-hybridized carbons (Fsp3) is 0.333. The van der Waals surface area contributed by atoms with Gasteiger partial charge in [-0.2, -0.15) is 0 Å². The van der Waals surface area contributed by atoms with Gasteiger partial charge in [-0.05, 0) is 38.3 Å². The second kappa shape index (κ2) is 8.17. The minimum absolute atomic E-state index is 0.0112. The van der Waals surface area contributed by atoms with Crippen LogP contribution in [0.25, 0.3) is 0 Å². The van der Waals surface area contributed by atoms with Crippen LogP contribution in [0.3, 0.4) is 0 Å². The molecule has 0 saturated heterocycles. The summed E-state index contributed by atoms with van der Waals surface area (Å²) in [5.41, 5.74) is 1.57. The zero-order chi connectivity index (χ0) is 16.7. The van der Waals surface area contributed by atoms with Crippen LogP contribution in [0, 0.1) is 6.92 Å². The van der Waals surface area contributed by atoms with E-state index < -0.39 is 5.97 Å². The van der Waals surface area contributed by atoms with Gasteiger partial charge in [0.2, 0.25) is 0 Å². The van der Waals surface area contributed by atoms with Gasteiger partial charge in [-0.3, -0.25) is 4.79 Å². The minimum Gasteiger partial charge on any atom is -0.469 e. The van der Waals surface area contributed by atoms with Crippen molar-refractivity contribution in [2.24, 2.45) is 0 Å². The number of amides is 1. The van der Waals surface area contributed by atoms with E-state index in [1.807, 2.05) is 25.1 Å². The van der Waals surface area contributed by atoms with E-state index in [0.29, 0.717) is 11.3 Å². The number of nitrogens with one attached hydrogen (secondary N) is 1. The molecule has 0 saturated carbocycles. The van der Waals surface area contributed by atoms with E-state index in [9.17, 15) is 9.59 Å². The zero-order valence-electron chi connectivity index (χ0n) is 13.4. The van der Waals surface area contributed by atoms with Crippen LogP contribution in [0.2, 0.25) is 0 Å². The highest BCUT2D eigenvalue weighted by Gasteiger charge is 2.15. The van der Waals surface area contributed by atoms with Crippen molar-refractivity contribution in [1.82, 2.24) is 5.32 Å². The van der Waals surface area contributed by atoms with Gasteiger partial charge in [-0.1, -0.05) is 30.3 Å². The molecule has 1 heterocycles. The fourth-order valence-electron chi connectivity index (χ4n) is 2.22. The summed E-state index contributed by atoms with van der Waals surface area (Å²) < 4.78 is 10.0. The lowest BCUT2D eigenvalue weighted by Gasteiger charge is -2.14.